The largest absolute Gasteiger partial charge is 0.374 e. The third kappa shape index (κ3) is 4.75. The Morgan fingerprint density at radius 2 is 2.19 bits per heavy atom. The Morgan fingerprint density at radius 3 is 2.86 bits per heavy atom. The van der Waals surface area contributed by atoms with Gasteiger partial charge >= 0.3 is 6.03 Å². The number of ether oxygens (including phenoxy) is 1. The summed E-state index contributed by atoms with van der Waals surface area (Å²) in [6, 6.07) is 9.24. The minimum Gasteiger partial charge on any atom is -0.374 e. The molecule has 1 saturated heterocycles. The molecular weight excluding hydrogens is 270 g/mol. The van der Waals surface area contributed by atoms with Gasteiger partial charge < -0.3 is 20.7 Å². The van der Waals surface area contributed by atoms with Crippen LogP contribution in [0.25, 0.3) is 0 Å². The van der Waals surface area contributed by atoms with Gasteiger partial charge in [0.1, 0.15) is 6.04 Å². The van der Waals surface area contributed by atoms with Crippen LogP contribution in [-0.2, 0) is 9.53 Å². The van der Waals surface area contributed by atoms with Crippen molar-refractivity contribution in [1.29, 1.82) is 0 Å². The lowest BCUT2D eigenvalue weighted by Crippen LogP contribution is -2.43. The molecule has 2 rings (SSSR count). The second-order valence-corrected chi connectivity index (χ2v) is 4.98. The van der Waals surface area contributed by atoms with E-state index in [2.05, 4.69) is 16.0 Å². The van der Waals surface area contributed by atoms with Gasteiger partial charge in [0.2, 0.25) is 5.91 Å². The smallest absolute Gasteiger partial charge is 0.315 e. The highest BCUT2D eigenvalue weighted by molar-refractivity contribution is 5.90. The van der Waals surface area contributed by atoms with E-state index in [0.29, 0.717) is 19.7 Å². The topological polar surface area (TPSA) is 79.5 Å². The number of hydrogen-bond acceptors (Lipinski definition) is 3. The lowest BCUT2D eigenvalue weighted by atomic mass is 10.1. The normalized spacial score (nSPS) is 18.7. The van der Waals surface area contributed by atoms with Crippen LogP contribution in [0.2, 0.25) is 0 Å². The van der Waals surface area contributed by atoms with Crippen molar-refractivity contribution in [3.8, 4) is 0 Å². The van der Waals surface area contributed by atoms with E-state index in [1.807, 2.05) is 37.3 Å². The van der Waals surface area contributed by atoms with Crippen molar-refractivity contribution >= 4 is 11.9 Å². The van der Waals surface area contributed by atoms with Gasteiger partial charge in [-0.25, -0.2) is 4.79 Å². The highest BCUT2D eigenvalue weighted by atomic mass is 16.5. The molecule has 1 aromatic rings. The first kappa shape index (κ1) is 15.3. The quantitative estimate of drug-likeness (QED) is 0.654. The minimum atomic E-state index is -0.471. The number of hydrogen-bond donors (Lipinski definition) is 3. The van der Waals surface area contributed by atoms with Crippen LogP contribution in [0.5, 0.6) is 0 Å². The van der Waals surface area contributed by atoms with E-state index in [0.717, 1.165) is 12.0 Å². The monoisotopic (exact) mass is 291 g/mol. The summed E-state index contributed by atoms with van der Waals surface area (Å²) in [5.41, 5.74) is 1.14. The van der Waals surface area contributed by atoms with Crippen LogP contribution < -0.4 is 16.0 Å². The third-order valence-electron chi connectivity index (χ3n) is 3.35. The Balaban J connectivity index is 1.58. The Hall–Kier alpha value is -2.08. The molecule has 1 fully saturated rings. The molecule has 0 aromatic heterocycles. The van der Waals surface area contributed by atoms with Gasteiger partial charge in [-0.15, -0.1) is 0 Å². The lowest BCUT2D eigenvalue weighted by molar-refractivity contribution is -0.122. The predicted molar refractivity (Wildman–Crippen MR) is 78.8 cm³/mol. The SMILES string of the molecule is CC(OCCCNC(=O)C1CNC(=O)N1)c1ccccc1. The molecular formula is C15H21N3O3. The van der Waals surface area contributed by atoms with E-state index in [1.54, 1.807) is 0 Å². The van der Waals surface area contributed by atoms with Gasteiger partial charge in [-0.05, 0) is 18.9 Å². The maximum atomic E-state index is 11.7. The van der Waals surface area contributed by atoms with E-state index in [9.17, 15) is 9.59 Å². The lowest BCUT2D eigenvalue weighted by Gasteiger charge is -2.14. The standard InChI is InChI=1S/C15H21N3O3/c1-11(12-6-3-2-4-7-12)21-9-5-8-16-14(19)13-10-17-15(20)18-13/h2-4,6-7,11,13H,5,8-10H2,1H3,(H,16,19)(H2,17,18,20). The molecule has 3 amide bonds. The molecule has 3 N–H and O–H groups in total. The Labute approximate surface area is 124 Å². The highest BCUT2D eigenvalue weighted by Crippen LogP contribution is 2.15. The van der Waals surface area contributed by atoms with Crippen molar-refractivity contribution in [2.24, 2.45) is 0 Å². The fraction of sp³-hybridized carbons (Fsp3) is 0.467. The van der Waals surface area contributed by atoms with E-state index in [4.69, 9.17) is 4.74 Å². The molecule has 0 spiro atoms. The van der Waals surface area contributed by atoms with Crippen LogP contribution in [0.3, 0.4) is 0 Å². The summed E-state index contributed by atoms with van der Waals surface area (Å²) in [6.07, 6.45) is 0.775. The maximum Gasteiger partial charge on any atom is 0.315 e. The van der Waals surface area contributed by atoms with Crippen LogP contribution in [0.1, 0.15) is 25.0 Å². The molecule has 0 saturated carbocycles. The van der Waals surface area contributed by atoms with Crippen molar-refractivity contribution in [2.75, 3.05) is 19.7 Å². The van der Waals surface area contributed by atoms with Crippen LogP contribution in [0.15, 0.2) is 30.3 Å². The molecule has 6 nitrogen and oxygen atoms in total. The first-order valence-electron chi connectivity index (χ1n) is 7.15. The van der Waals surface area contributed by atoms with Gasteiger partial charge in [-0.1, -0.05) is 30.3 Å². The molecule has 0 aliphatic carbocycles. The number of carbonyl (C=O) groups excluding carboxylic acids is 2. The summed E-state index contributed by atoms with van der Waals surface area (Å²) < 4.78 is 5.72. The molecule has 21 heavy (non-hydrogen) atoms. The molecule has 2 atom stereocenters. The van der Waals surface area contributed by atoms with E-state index < -0.39 is 6.04 Å². The number of benzene rings is 1. The second-order valence-electron chi connectivity index (χ2n) is 4.98. The van der Waals surface area contributed by atoms with Gasteiger partial charge in [0.05, 0.1) is 6.10 Å². The Morgan fingerprint density at radius 1 is 1.43 bits per heavy atom. The Bertz CT molecular complexity index is 478. The molecule has 0 bridgehead atoms. The van der Waals surface area contributed by atoms with Crippen LogP contribution in [0, 0.1) is 0 Å². The third-order valence-corrected chi connectivity index (χ3v) is 3.35. The summed E-state index contributed by atoms with van der Waals surface area (Å²) in [5, 5.41) is 7.88. The van der Waals surface area contributed by atoms with E-state index in [1.165, 1.54) is 0 Å². The fourth-order valence-electron chi connectivity index (χ4n) is 2.10. The van der Waals surface area contributed by atoms with Crippen LogP contribution in [0.4, 0.5) is 4.79 Å². The minimum absolute atomic E-state index is 0.0419. The zero-order valence-corrected chi connectivity index (χ0v) is 12.1. The number of urea groups is 1. The molecule has 1 aliphatic heterocycles. The van der Waals surface area contributed by atoms with Crippen molar-refractivity contribution < 1.29 is 14.3 Å². The van der Waals surface area contributed by atoms with Crippen molar-refractivity contribution in [3.05, 3.63) is 35.9 Å². The van der Waals surface area contributed by atoms with Gasteiger partial charge in [0.15, 0.2) is 0 Å². The molecule has 0 radical (unpaired) electrons. The van der Waals surface area contributed by atoms with Gasteiger partial charge in [0.25, 0.3) is 0 Å². The number of rotatable bonds is 7. The summed E-state index contributed by atoms with van der Waals surface area (Å²) >= 11 is 0. The summed E-state index contributed by atoms with van der Waals surface area (Å²) in [6.45, 7) is 3.46. The summed E-state index contributed by atoms with van der Waals surface area (Å²) in [5.74, 6) is -0.163. The van der Waals surface area contributed by atoms with Gasteiger partial charge in [0, 0.05) is 19.7 Å². The van der Waals surface area contributed by atoms with E-state index >= 15 is 0 Å². The van der Waals surface area contributed by atoms with Crippen LogP contribution in [-0.4, -0.2) is 37.7 Å². The number of carbonyl (C=O) groups is 2. The molecule has 1 aliphatic rings. The van der Waals surface area contributed by atoms with Gasteiger partial charge in [-0.3, -0.25) is 4.79 Å². The first-order valence-corrected chi connectivity index (χ1v) is 7.15. The maximum absolute atomic E-state index is 11.7. The molecule has 6 heteroatoms. The zero-order valence-electron chi connectivity index (χ0n) is 12.1. The van der Waals surface area contributed by atoms with E-state index in [-0.39, 0.29) is 18.0 Å². The zero-order chi connectivity index (χ0) is 15.1. The summed E-state index contributed by atoms with van der Waals surface area (Å²) in [4.78, 5) is 22.6. The molecule has 1 heterocycles. The van der Waals surface area contributed by atoms with Crippen LogP contribution >= 0.6 is 0 Å². The summed E-state index contributed by atoms with van der Waals surface area (Å²) in [7, 11) is 0. The predicted octanol–water partition coefficient (Wildman–Crippen LogP) is 0.952. The molecule has 2 unspecified atom stereocenters. The van der Waals surface area contributed by atoms with Crippen molar-refractivity contribution in [3.63, 3.8) is 0 Å². The number of nitrogens with one attached hydrogen (secondary N) is 3. The highest BCUT2D eigenvalue weighted by Gasteiger charge is 2.26. The molecule has 114 valence electrons. The average Bonchev–Trinajstić information content (AvgIpc) is 2.94. The first-order chi connectivity index (χ1) is 10.2. The van der Waals surface area contributed by atoms with Crippen molar-refractivity contribution in [1.82, 2.24) is 16.0 Å². The Kier molecular flexibility index (Phi) is 5.57. The number of amides is 3. The van der Waals surface area contributed by atoms with Crippen molar-refractivity contribution in [2.45, 2.75) is 25.5 Å². The second kappa shape index (κ2) is 7.64. The average molecular weight is 291 g/mol. The fourth-order valence-corrected chi connectivity index (χ4v) is 2.10. The van der Waals surface area contributed by atoms with Gasteiger partial charge in [-0.2, -0.15) is 0 Å². The molecule has 1 aromatic carbocycles.